The monoisotopic (exact) mass is 774 g/mol. The van der Waals surface area contributed by atoms with Gasteiger partial charge >= 0.3 is 6.03 Å². The van der Waals surface area contributed by atoms with Crippen molar-refractivity contribution in [3.8, 4) is 17.6 Å². The van der Waals surface area contributed by atoms with Crippen LogP contribution in [0.15, 0.2) is 72.9 Å². The second-order valence-electron chi connectivity index (χ2n) is 13.0. The van der Waals surface area contributed by atoms with E-state index >= 15 is 4.39 Å². The minimum absolute atomic E-state index is 0.0478. The highest BCUT2D eigenvalue weighted by Gasteiger charge is 2.43. The summed E-state index contributed by atoms with van der Waals surface area (Å²) in [5.74, 6) is -3.07. The van der Waals surface area contributed by atoms with Crippen molar-refractivity contribution >= 4 is 51.2 Å². The second-order valence-corrected chi connectivity index (χ2v) is 14.5. The lowest BCUT2D eigenvalue weighted by atomic mass is 10.0. The number of hydrogen-bond donors (Lipinski definition) is 3. The first-order chi connectivity index (χ1) is 26.2. The number of hydrogen-bond acceptors (Lipinski definition) is 11. The molecule has 0 aliphatic carbocycles. The summed E-state index contributed by atoms with van der Waals surface area (Å²) in [5, 5.41) is 20.5. The Hall–Kier alpha value is -6.23. The fourth-order valence-electron chi connectivity index (χ4n) is 6.03. The Morgan fingerprint density at radius 3 is 2.40 bits per heavy atom. The van der Waals surface area contributed by atoms with Gasteiger partial charge in [0.1, 0.15) is 41.0 Å². The largest absolute Gasteiger partial charge is 0.454 e. The molecule has 4 N–H and O–H groups in total. The van der Waals surface area contributed by atoms with Gasteiger partial charge in [0.15, 0.2) is 11.6 Å². The highest BCUT2D eigenvalue weighted by molar-refractivity contribution is 7.86. The number of carbonyl (C=O) groups is 3. The molecule has 4 amide bonds. The zero-order valence-electron chi connectivity index (χ0n) is 29.6. The van der Waals surface area contributed by atoms with E-state index in [4.69, 9.17) is 9.88 Å². The van der Waals surface area contributed by atoms with Crippen LogP contribution in [0.25, 0.3) is 0 Å². The topological polar surface area (TPSA) is 207 Å². The minimum Gasteiger partial charge on any atom is -0.454 e. The standard InChI is InChI=1S/C36H36F2N10O6S/c1-22(2)47-21-28(35(50)48(36(47)51)20-23-3-6-25(37)7-4-23)34(49)42-26-8-9-30(29(38)17-26)54-27-11-12-41-32(18-27)43-31-10-5-24(19-39)33(44-31)45-13-15-46(16-14-45)55(40,52)53/h3-12,17-18,22,28H,13-16,20-21H2,1-2H3,(H,42,49)(H2,40,52,53)(H,41,43,44). The summed E-state index contributed by atoms with van der Waals surface area (Å²) in [6, 6.07) is 16.4. The number of nitriles is 1. The molecule has 2 aromatic carbocycles. The predicted octanol–water partition coefficient (Wildman–Crippen LogP) is 3.92. The first-order valence-electron chi connectivity index (χ1n) is 17.0. The predicted molar refractivity (Wildman–Crippen MR) is 196 cm³/mol. The molecule has 0 spiro atoms. The molecule has 1 atom stereocenters. The molecular weight excluding hydrogens is 739 g/mol. The molecular formula is C36H36F2N10O6S. The molecule has 2 saturated heterocycles. The van der Waals surface area contributed by atoms with Crippen molar-refractivity contribution in [3.05, 3.63) is 95.7 Å². The first kappa shape index (κ1) is 38.5. The maximum atomic E-state index is 15.3. The van der Waals surface area contributed by atoms with E-state index in [0.717, 1.165) is 15.3 Å². The normalized spacial score (nSPS) is 16.6. The third kappa shape index (κ3) is 8.95. The average molecular weight is 775 g/mol. The molecule has 0 radical (unpaired) electrons. The molecule has 4 heterocycles. The number of aromatic nitrogens is 2. The molecule has 0 saturated carbocycles. The number of anilines is 4. The summed E-state index contributed by atoms with van der Waals surface area (Å²) in [4.78, 5) is 52.9. The van der Waals surface area contributed by atoms with Gasteiger partial charge in [0.25, 0.3) is 10.2 Å². The molecule has 16 nitrogen and oxygen atoms in total. The third-order valence-corrected chi connectivity index (χ3v) is 10.0. The van der Waals surface area contributed by atoms with Gasteiger partial charge in [-0.15, -0.1) is 0 Å². The van der Waals surface area contributed by atoms with Crippen LogP contribution in [0.4, 0.5) is 36.7 Å². The van der Waals surface area contributed by atoms with Crippen LogP contribution < -0.4 is 25.4 Å². The van der Waals surface area contributed by atoms with Crippen LogP contribution in [0.5, 0.6) is 11.5 Å². The number of nitrogens with one attached hydrogen (secondary N) is 2. The maximum Gasteiger partial charge on any atom is 0.327 e. The van der Waals surface area contributed by atoms with Gasteiger partial charge in [-0.05, 0) is 61.9 Å². The molecule has 19 heteroatoms. The van der Waals surface area contributed by atoms with Gasteiger partial charge in [-0.25, -0.2) is 28.7 Å². The van der Waals surface area contributed by atoms with Crippen LogP contribution >= 0.6 is 0 Å². The number of pyridine rings is 2. The van der Waals surface area contributed by atoms with Gasteiger partial charge in [0.2, 0.25) is 11.8 Å². The first-order valence-corrected chi connectivity index (χ1v) is 18.5. The third-order valence-electron chi connectivity index (χ3n) is 8.92. The SMILES string of the molecule is CC(C)N1CC(C(=O)Nc2ccc(Oc3ccnc(Nc4ccc(C#N)c(N5CCN(S(N)(=O)=O)CC5)n4)c3)c(F)c2)C(=O)N(Cc2ccc(F)cc2)C1=O. The molecule has 2 fully saturated rings. The molecule has 0 bridgehead atoms. The van der Waals surface area contributed by atoms with Crippen molar-refractivity contribution < 1.29 is 36.3 Å². The number of amides is 4. The number of rotatable bonds is 11. The quantitative estimate of drug-likeness (QED) is 0.186. The summed E-state index contributed by atoms with van der Waals surface area (Å²) in [7, 11) is -3.84. The molecule has 55 heavy (non-hydrogen) atoms. The van der Waals surface area contributed by atoms with Crippen LogP contribution in [-0.4, -0.2) is 89.1 Å². The Morgan fingerprint density at radius 2 is 1.75 bits per heavy atom. The number of halogens is 2. The average Bonchev–Trinajstić information content (AvgIpc) is 3.15. The highest BCUT2D eigenvalue weighted by atomic mass is 32.2. The van der Waals surface area contributed by atoms with Crippen molar-refractivity contribution in [2.24, 2.45) is 11.1 Å². The van der Waals surface area contributed by atoms with Crippen molar-refractivity contribution in [3.63, 3.8) is 0 Å². The molecule has 6 rings (SSSR count). The van der Waals surface area contributed by atoms with Gasteiger partial charge < -0.3 is 25.2 Å². The molecule has 2 aromatic heterocycles. The van der Waals surface area contributed by atoms with E-state index in [0.29, 0.717) is 17.2 Å². The minimum atomic E-state index is -3.84. The Balaban J connectivity index is 1.11. The number of imide groups is 1. The van der Waals surface area contributed by atoms with E-state index in [1.54, 1.807) is 30.9 Å². The van der Waals surface area contributed by atoms with Crippen molar-refractivity contribution in [2.45, 2.75) is 26.4 Å². The van der Waals surface area contributed by atoms with Crippen molar-refractivity contribution in [1.82, 2.24) is 24.1 Å². The van der Waals surface area contributed by atoms with Crippen molar-refractivity contribution in [2.75, 3.05) is 48.3 Å². The van der Waals surface area contributed by atoms with Gasteiger partial charge in [-0.3, -0.25) is 14.5 Å². The Bertz CT molecular complexity index is 2260. The Morgan fingerprint density at radius 1 is 1.02 bits per heavy atom. The lowest BCUT2D eigenvalue weighted by molar-refractivity contribution is -0.142. The van der Waals surface area contributed by atoms with Gasteiger partial charge in [-0.1, -0.05) is 12.1 Å². The fraction of sp³-hybridized carbons (Fsp3) is 0.278. The van der Waals surface area contributed by atoms with E-state index in [1.165, 1.54) is 59.6 Å². The van der Waals surface area contributed by atoms with Crippen LogP contribution in [0.1, 0.15) is 25.0 Å². The number of piperazine rings is 1. The summed E-state index contributed by atoms with van der Waals surface area (Å²) in [6.07, 6.45) is 1.42. The van der Waals surface area contributed by atoms with E-state index < -0.39 is 45.6 Å². The zero-order valence-corrected chi connectivity index (χ0v) is 30.5. The summed E-state index contributed by atoms with van der Waals surface area (Å²) in [6.45, 7) is 3.96. The highest BCUT2D eigenvalue weighted by Crippen LogP contribution is 2.30. The number of ether oxygens (including phenoxy) is 1. The van der Waals surface area contributed by atoms with Gasteiger partial charge in [0, 0.05) is 62.8 Å². The molecule has 286 valence electrons. The molecule has 2 aliphatic heterocycles. The van der Waals surface area contributed by atoms with Crippen LogP contribution in [-0.2, 0) is 26.3 Å². The second kappa shape index (κ2) is 16.0. The van der Waals surface area contributed by atoms with Gasteiger partial charge in [0.05, 0.1) is 12.1 Å². The fourth-order valence-corrected chi connectivity index (χ4v) is 6.70. The van der Waals surface area contributed by atoms with E-state index in [-0.39, 0.29) is 73.9 Å². The molecule has 4 aromatic rings. The number of urea groups is 1. The maximum absolute atomic E-state index is 15.3. The zero-order chi connectivity index (χ0) is 39.4. The smallest absolute Gasteiger partial charge is 0.327 e. The number of carbonyl (C=O) groups excluding carboxylic acids is 3. The van der Waals surface area contributed by atoms with E-state index in [2.05, 4.69) is 26.7 Å². The van der Waals surface area contributed by atoms with Crippen molar-refractivity contribution in [1.29, 1.82) is 5.26 Å². The lowest BCUT2D eigenvalue weighted by Gasteiger charge is -2.40. The summed E-state index contributed by atoms with van der Waals surface area (Å²) < 4.78 is 59.1. The molecule has 1 unspecified atom stereocenters. The summed E-state index contributed by atoms with van der Waals surface area (Å²) >= 11 is 0. The Kier molecular flexibility index (Phi) is 11.2. The lowest BCUT2D eigenvalue weighted by Crippen LogP contribution is -2.60. The summed E-state index contributed by atoms with van der Waals surface area (Å²) in [5.41, 5.74) is 0.835. The number of benzene rings is 2. The number of nitrogens with two attached hydrogens (primary N) is 1. The van der Waals surface area contributed by atoms with Gasteiger partial charge in [-0.2, -0.15) is 18.0 Å². The van der Waals surface area contributed by atoms with E-state index in [9.17, 15) is 32.5 Å². The van der Waals surface area contributed by atoms with E-state index in [1.807, 2.05) is 0 Å². The Labute approximate surface area is 315 Å². The van der Waals surface area contributed by atoms with Crippen LogP contribution in [0.3, 0.4) is 0 Å². The van der Waals surface area contributed by atoms with Crippen LogP contribution in [0, 0.1) is 28.9 Å². The molecule has 2 aliphatic rings. The number of nitrogens with zero attached hydrogens (tertiary/aromatic N) is 7. The van der Waals surface area contributed by atoms with Crippen LogP contribution in [0.2, 0.25) is 0 Å².